The van der Waals surface area contributed by atoms with Gasteiger partial charge in [-0.05, 0) is 6.07 Å². The molecule has 0 atom stereocenters. The van der Waals surface area contributed by atoms with E-state index < -0.39 is 27.0 Å². The maximum absolute atomic E-state index is 10.3. The Bertz CT molecular complexity index is 391. The number of phenolic OH excluding ortho intramolecular Hbond substituents is 1. The van der Waals surface area contributed by atoms with Crippen molar-refractivity contribution in [1.29, 1.82) is 0 Å². The zero-order valence-corrected chi connectivity index (χ0v) is 7.62. The first-order valence-electron chi connectivity index (χ1n) is 3.65. The second-order valence-electron chi connectivity index (χ2n) is 2.16. The standard InChI is InChI=1S/C6H4N2O5.C2H4/c9-5-3-1-2-4(7(10)11)6(5)8(12)13;1-2/h1-3,9H;1-2H2. The Hall–Kier alpha value is -2.44. The van der Waals surface area contributed by atoms with E-state index in [0.717, 1.165) is 12.1 Å². The van der Waals surface area contributed by atoms with Crippen molar-refractivity contribution in [1.82, 2.24) is 0 Å². The second-order valence-corrected chi connectivity index (χ2v) is 2.16. The van der Waals surface area contributed by atoms with Crippen molar-refractivity contribution in [3.8, 4) is 5.75 Å². The van der Waals surface area contributed by atoms with E-state index in [0.29, 0.717) is 0 Å². The Balaban J connectivity index is 0.000000921. The molecular weight excluding hydrogens is 204 g/mol. The Morgan fingerprint density at radius 3 is 2.00 bits per heavy atom. The molecule has 1 rings (SSSR count). The summed E-state index contributed by atoms with van der Waals surface area (Å²) >= 11 is 0. The Labute approximate surface area is 84.6 Å². The summed E-state index contributed by atoms with van der Waals surface area (Å²) < 4.78 is 0. The molecule has 0 saturated carbocycles. The van der Waals surface area contributed by atoms with Crippen molar-refractivity contribution in [2.24, 2.45) is 0 Å². The average molecular weight is 212 g/mol. The van der Waals surface area contributed by atoms with Gasteiger partial charge < -0.3 is 5.11 Å². The van der Waals surface area contributed by atoms with E-state index in [9.17, 15) is 20.2 Å². The van der Waals surface area contributed by atoms with E-state index in [-0.39, 0.29) is 0 Å². The third-order valence-electron chi connectivity index (χ3n) is 1.37. The maximum Gasteiger partial charge on any atom is 0.387 e. The maximum atomic E-state index is 10.3. The van der Waals surface area contributed by atoms with Crippen LogP contribution in [-0.4, -0.2) is 15.0 Å². The highest BCUT2D eigenvalue weighted by molar-refractivity contribution is 5.60. The van der Waals surface area contributed by atoms with E-state index in [4.69, 9.17) is 5.11 Å². The quantitative estimate of drug-likeness (QED) is 0.458. The van der Waals surface area contributed by atoms with E-state index in [2.05, 4.69) is 13.2 Å². The molecule has 0 aromatic heterocycles. The molecule has 0 radical (unpaired) electrons. The fraction of sp³-hybridized carbons (Fsp3) is 0. The van der Waals surface area contributed by atoms with Gasteiger partial charge in [0.2, 0.25) is 5.75 Å². The molecule has 0 unspecified atom stereocenters. The third kappa shape index (κ3) is 2.76. The number of nitro groups is 2. The van der Waals surface area contributed by atoms with Gasteiger partial charge in [0.25, 0.3) is 0 Å². The lowest BCUT2D eigenvalue weighted by Crippen LogP contribution is -1.96. The summed E-state index contributed by atoms with van der Waals surface area (Å²) in [6.07, 6.45) is 0. The summed E-state index contributed by atoms with van der Waals surface area (Å²) in [5.74, 6) is -0.709. The van der Waals surface area contributed by atoms with Crippen LogP contribution in [0.2, 0.25) is 0 Å². The summed E-state index contributed by atoms with van der Waals surface area (Å²) in [4.78, 5) is 18.6. The van der Waals surface area contributed by atoms with E-state index in [1.54, 1.807) is 0 Å². The van der Waals surface area contributed by atoms with Crippen LogP contribution in [0.5, 0.6) is 5.75 Å². The van der Waals surface area contributed by atoms with Gasteiger partial charge in [-0.25, -0.2) is 0 Å². The smallest absolute Gasteiger partial charge is 0.387 e. The first kappa shape index (κ1) is 12.6. The van der Waals surface area contributed by atoms with Gasteiger partial charge in [-0.15, -0.1) is 13.2 Å². The van der Waals surface area contributed by atoms with Crippen LogP contribution in [0.15, 0.2) is 31.4 Å². The van der Waals surface area contributed by atoms with Gasteiger partial charge in [0.1, 0.15) is 0 Å². The van der Waals surface area contributed by atoms with Crippen molar-refractivity contribution < 1.29 is 15.0 Å². The van der Waals surface area contributed by atoms with Gasteiger partial charge in [-0.3, -0.25) is 20.2 Å². The number of aromatic hydroxyl groups is 1. The van der Waals surface area contributed by atoms with Gasteiger partial charge in [-0.2, -0.15) is 0 Å². The molecule has 80 valence electrons. The number of para-hydroxylation sites is 1. The largest absolute Gasteiger partial charge is 0.502 e. The van der Waals surface area contributed by atoms with E-state index in [1.807, 2.05) is 0 Å². The third-order valence-corrected chi connectivity index (χ3v) is 1.37. The van der Waals surface area contributed by atoms with Crippen molar-refractivity contribution >= 4 is 11.4 Å². The van der Waals surface area contributed by atoms with Crippen LogP contribution in [0.4, 0.5) is 11.4 Å². The van der Waals surface area contributed by atoms with Gasteiger partial charge in [-0.1, -0.05) is 6.07 Å². The van der Waals surface area contributed by atoms with Crippen LogP contribution in [0, 0.1) is 20.2 Å². The Morgan fingerprint density at radius 1 is 1.13 bits per heavy atom. The van der Waals surface area contributed by atoms with Crippen LogP contribution >= 0.6 is 0 Å². The lowest BCUT2D eigenvalue weighted by atomic mass is 10.2. The van der Waals surface area contributed by atoms with E-state index in [1.165, 1.54) is 6.07 Å². The van der Waals surface area contributed by atoms with Gasteiger partial charge in [0.15, 0.2) is 0 Å². The van der Waals surface area contributed by atoms with E-state index >= 15 is 0 Å². The number of nitro benzene ring substituents is 2. The second kappa shape index (κ2) is 5.32. The van der Waals surface area contributed by atoms with Crippen LogP contribution in [0.3, 0.4) is 0 Å². The molecule has 0 bridgehead atoms. The summed E-state index contributed by atoms with van der Waals surface area (Å²) in [7, 11) is 0. The molecule has 0 saturated heterocycles. The average Bonchev–Trinajstić information content (AvgIpc) is 2.19. The number of hydrogen-bond donors (Lipinski definition) is 1. The predicted octanol–water partition coefficient (Wildman–Crippen LogP) is 2.01. The molecule has 1 aromatic rings. The number of benzene rings is 1. The molecule has 1 N–H and O–H groups in total. The zero-order chi connectivity index (χ0) is 12.0. The van der Waals surface area contributed by atoms with Crippen LogP contribution in [0.25, 0.3) is 0 Å². The molecule has 0 spiro atoms. The highest BCUT2D eigenvalue weighted by atomic mass is 16.6. The molecule has 0 fully saturated rings. The predicted molar refractivity (Wildman–Crippen MR) is 52.7 cm³/mol. The Morgan fingerprint density at radius 2 is 1.67 bits per heavy atom. The molecule has 0 aliphatic rings. The fourth-order valence-corrected chi connectivity index (χ4v) is 0.854. The van der Waals surface area contributed by atoms with Crippen molar-refractivity contribution in [3.63, 3.8) is 0 Å². The summed E-state index contributed by atoms with van der Waals surface area (Å²) in [5, 5.41) is 29.5. The lowest BCUT2D eigenvalue weighted by Gasteiger charge is -1.95. The van der Waals surface area contributed by atoms with Crippen molar-refractivity contribution in [2.45, 2.75) is 0 Å². The monoisotopic (exact) mass is 212 g/mol. The number of rotatable bonds is 2. The zero-order valence-electron chi connectivity index (χ0n) is 7.62. The highest BCUT2D eigenvalue weighted by Crippen LogP contribution is 2.34. The molecule has 1 aromatic carbocycles. The molecule has 0 heterocycles. The first-order valence-corrected chi connectivity index (χ1v) is 3.65. The SMILES string of the molecule is C=C.O=[N+]([O-])c1cccc(O)c1[N+](=O)[O-]. The lowest BCUT2D eigenvalue weighted by molar-refractivity contribution is -0.423. The topological polar surface area (TPSA) is 107 Å². The minimum Gasteiger partial charge on any atom is -0.502 e. The first-order chi connectivity index (χ1) is 7.04. The summed E-state index contributed by atoms with van der Waals surface area (Å²) in [5.41, 5.74) is -1.60. The van der Waals surface area contributed by atoms with Gasteiger partial charge >= 0.3 is 11.4 Å². The molecule has 0 amide bonds. The fourth-order valence-electron chi connectivity index (χ4n) is 0.854. The minimum atomic E-state index is -0.993. The van der Waals surface area contributed by atoms with Crippen LogP contribution in [0.1, 0.15) is 0 Å². The number of phenols is 1. The molecular formula is C8H8N2O5. The molecule has 0 aliphatic carbocycles. The van der Waals surface area contributed by atoms with Crippen molar-refractivity contribution in [2.75, 3.05) is 0 Å². The number of hydrogen-bond acceptors (Lipinski definition) is 5. The molecule has 7 nitrogen and oxygen atoms in total. The normalized spacial score (nSPS) is 8.53. The summed E-state index contributed by atoms with van der Waals surface area (Å²) in [6.45, 7) is 6.00. The van der Waals surface area contributed by atoms with Crippen LogP contribution < -0.4 is 0 Å². The Kier molecular flexibility index (Phi) is 4.46. The number of nitrogens with zero attached hydrogens (tertiary/aromatic N) is 2. The van der Waals surface area contributed by atoms with Gasteiger partial charge in [0, 0.05) is 6.07 Å². The minimum absolute atomic E-state index is 0.709. The van der Waals surface area contributed by atoms with Gasteiger partial charge in [0.05, 0.1) is 9.85 Å². The summed E-state index contributed by atoms with van der Waals surface area (Å²) in [6, 6.07) is 3.14. The molecule has 15 heavy (non-hydrogen) atoms. The molecule has 0 aliphatic heterocycles. The highest BCUT2D eigenvalue weighted by Gasteiger charge is 2.27. The molecule has 7 heteroatoms. The van der Waals surface area contributed by atoms with Crippen LogP contribution in [-0.2, 0) is 0 Å². The van der Waals surface area contributed by atoms with Crippen molar-refractivity contribution in [3.05, 3.63) is 51.6 Å².